The van der Waals surface area contributed by atoms with E-state index in [1.54, 1.807) is 12.5 Å². The number of rotatable bonds is 3. The summed E-state index contributed by atoms with van der Waals surface area (Å²) in [6, 6.07) is 1.70. The minimum atomic E-state index is -2.95. The second-order valence-corrected chi connectivity index (χ2v) is 9.04. The second-order valence-electron chi connectivity index (χ2n) is 6.33. The van der Waals surface area contributed by atoms with Crippen LogP contribution in [0.3, 0.4) is 0 Å². The van der Waals surface area contributed by atoms with Crippen molar-refractivity contribution in [3.8, 4) is 0 Å². The smallest absolute Gasteiger partial charge is 0.153 e. The zero-order chi connectivity index (χ0) is 16.8. The molecule has 0 radical (unpaired) electrons. The number of pyridine rings is 1. The van der Waals surface area contributed by atoms with Crippen LogP contribution >= 0.6 is 11.6 Å². The number of sulfone groups is 1. The van der Waals surface area contributed by atoms with Gasteiger partial charge in [0, 0.05) is 24.7 Å². The van der Waals surface area contributed by atoms with Gasteiger partial charge >= 0.3 is 0 Å². The molecule has 2 aromatic rings. The van der Waals surface area contributed by atoms with E-state index in [1.165, 1.54) is 0 Å². The molecule has 2 N–H and O–H groups in total. The van der Waals surface area contributed by atoms with E-state index in [4.69, 9.17) is 17.3 Å². The van der Waals surface area contributed by atoms with Gasteiger partial charge in [-0.1, -0.05) is 25.4 Å². The van der Waals surface area contributed by atoms with Crippen molar-refractivity contribution in [2.45, 2.75) is 19.9 Å². The number of imidazole rings is 1. The van der Waals surface area contributed by atoms with Gasteiger partial charge in [-0.25, -0.2) is 13.4 Å². The summed E-state index contributed by atoms with van der Waals surface area (Å²) >= 11 is 6.38. The molecular weight excluding hydrogens is 336 g/mol. The number of halogens is 1. The lowest BCUT2D eigenvalue weighted by Crippen LogP contribution is -2.42. The van der Waals surface area contributed by atoms with Gasteiger partial charge in [-0.3, -0.25) is 4.40 Å². The second kappa shape index (κ2) is 5.96. The quantitative estimate of drug-likeness (QED) is 0.908. The van der Waals surface area contributed by atoms with Gasteiger partial charge in [0.2, 0.25) is 0 Å². The van der Waals surface area contributed by atoms with Crippen molar-refractivity contribution in [2.75, 3.05) is 29.5 Å². The molecule has 23 heavy (non-hydrogen) atoms. The maximum Gasteiger partial charge on any atom is 0.153 e. The fourth-order valence-corrected chi connectivity index (χ4v) is 4.38. The molecule has 2 aromatic heterocycles. The van der Waals surface area contributed by atoms with E-state index >= 15 is 0 Å². The number of anilines is 1. The van der Waals surface area contributed by atoms with Crippen LogP contribution < -0.4 is 10.6 Å². The summed E-state index contributed by atoms with van der Waals surface area (Å²) in [5.74, 6) is 1.45. The third kappa shape index (κ3) is 3.05. The third-order valence-corrected chi connectivity index (χ3v) is 6.29. The predicted octanol–water partition coefficient (Wildman–Crippen LogP) is 1.88. The Balaban J connectivity index is 2.15. The van der Waals surface area contributed by atoms with Gasteiger partial charge in [0.1, 0.15) is 12.1 Å². The topological polar surface area (TPSA) is 80.7 Å². The van der Waals surface area contributed by atoms with Crippen LogP contribution in [-0.2, 0) is 9.84 Å². The van der Waals surface area contributed by atoms with Gasteiger partial charge in [-0.05, 0) is 12.0 Å². The minimum absolute atomic E-state index is 0.155. The van der Waals surface area contributed by atoms with Crippen LogP contribution in [0.15, 0.2) is 18.6 Å². The van der Waals surface area contributed by atoms with Crippen LogP contribution in [0.25, 0.3) is 5.52 Å². The highest BCUT2D eigenvalue weighted by molar-refractivity contribution is 7.91. The fraction of sp³-hybridized carbons (Fsp3) is 0.533. The van der Waals surface area contributed by atoms with E-state index in [-0.39, 0.29) is 23.5 Å². The summed E-state index contributed by atoms with van der Waals surface area (Å²) in [5, 5.41) is 0.599. The van der Waals surface area contributed by atoms with Gasteiger partial charge in [-0.2, -0.15) is 0 Å². The molecule has 3 rings (SSSR count). The maximum absolute atomic E-state index is 11.7. The summed E-state index contributed by atoms with van der Waals surface area (Å²) in [5.41, 5.74) is 8.12. The van der Waals surface area contributed by atoms with Gasteiger partial charge in [0.05, 0.1) is 28.2 Å². The summed E-state index contributed by atoms with van der Waals surface area (Å²) in [6.45, 7) is 5.02. The molecule has 0 saturated carbocycles. The van der Waals surface area contributed by atoms with Gasteiger partial charge in [0.15, 0.2) is 9.84 Å². The highest BCUT2D eigenvalue weighted by Gasteiger charge is 2.28. The van der Waals surface area contributed by atoms with Crippen LogP contribution in [0.2, 0.25) is 5.02 Å². The Labute approximate surface area is 141 Å². The molecule has 1 fully saturated rings. The van der Waals surface area contributed by atoms with Crippen molar-refractivity contribution < 1.29 is 8.42 Å². The molecule has 8 heteroatoms. The normalized spacial score (nSPS) is 19.4. The highest BCUT2D eigenvalue weighted by atomic mass is 35.5. The Bertz CT molecular complexity index is 817. The molecule has 0 amide bonds. The van der Waals surface area contributed by atoms with Crippen LogP contribution in [0.1, 0.15) is 25.5 Å². The molecule has 0 aromatic carbocycles. The van der Waals surface area contributed by atoms with Crippen LogP contribution in [0, 0.1) is 5.92 Å². The van der Waals surface area contributed by atoms with Gasteiger partial charge in [-0.15, -0.1) is 0 Å². The Morgan fingerprint density at radius 1 is 1.30 bits per heavy atom. The first kappa shape index (κ1) is 16.5. The average molecular weight is 357 g/mol. The maximum atomic E-state index is 11.7. The molecule has 1 unspecified atom stereocenters. The van der Waals surface area contributed by atoms with Crippen LogP contribution in [0.5, 0.6) is 0 Å². The molecule has 3 heterocycles. The van der Waals surface area contributed by atoms with E-state index in [0.29, 0.717) is 18.1 Å². The summed E-state index contributed by atoms with van der Waals surface area (Å²) in [7, 11) is -2.95. The summed E-state index contributed by atoms with van der Waals surface area (Å²) in [4.78, 5) is 6.26. The first-order chi connectivity index (χ1) is 10.8. The molecule has 1 aliphatic heterocycles. The molecule has 1 saturated heterocycles. The number of hydrogen-bond acceptors (Lipinski definition) is 5. The van der Waals surface area contributed by atoms with Crippen LogP contribution in [0.4, 0.5) is 5.82 Å². The van der Waals surface area contributed by atoms with Crippen molar-refractivity contribution in [1.29, 1.82) is 0 Å². The SMILES string of the molecule is CC(C)C(N)c1cc(Cl)c2cncn2c1N1CCS(=O)(=O)CC1. The average Bonchev–Trinajstić information content (AvgIpc) is 2.97. The largest absolute Gasteiger partial charge is 0.355 e. The molecule has 126 valence electrons. The molecule has 1 aliphatic rings. The first-order valence-electron chi connectivity index (χ1n) is 7.65. The zero-order valence-corrected chi connectivity index (χ0v) is 14.8. The number of nitrogens with zero attached hydrogens (tertiary/aromatic N) is 3. The summed E-state index contributed by atoms with van der Waals surface area (Å²) in [6.07, 6.45) is 3.41. The number of aromatic nitrogens is 2. The molecule has 6 nitrogen and oxygen atoms in total. The van der Waals surface area contributed by atoms with Crippen molar-refractivity contribution in [3.63, 3.8) is 0 Å². The van der Waals surface area contributed by atoms with Crippen molar-refractivity contribution in [1.82, 2.24) is 9.38 Å². The number of fused-ring (bicyclic) bond motifs is 1. The Morgan fingerprint density at radius 2 is 1.96 bits per heavy atom. The van der Waals surface area contributed by atoms with Gasteiger partial charge in [0.25, 0.3) is 0 Å². The lowest BCUT2D eigenvalue weighted by atomic mass is 9.97. The Kier molecular flexibility index (Phi) is 4.29. The monoisotopic (exact) mass is 356 g/mol. The van der Waals surface area contributed by atoms with E-state index in [0.717, 1.165) is 16.9 Å². The highest BCUT2D eigenvalue weighted by Crippen LogP contribution is 2.34. The number of nitrogens with two attached hydrogens (primary N) is 1. The predicted molar refractivity (Wildman–Crippen MR) is 92.8 cm³/mol. The standard InChI is InChI=1S/C15H21ClN4O2S/c1-10(2)14(17)11-7-12(16)13-8-18-9-20(13)15(11)19-3-5-23(21,22)6-4-19/h7-10,14H,3-6,17H2,1-2H3. The minimum Gasteiger partial charge on any atom is -0.355 e. The lowest BCUT2D eigenvalue weighted by molar-refractivity contribution is 0.511. The molecule has 0 bridgehead atoms. The third-order valence-electron chi connectivity index (χ3n) is 4.37. The van der Waals surface area contributed by atoms with Crippen molar-refractivity contribution in [3.05, 3.63) is 29.2 Å². The lowest BCUT2D eigenvalue weighted by Gasteiger charge is -2.33. The molecule has 0 aliphatic carbocycles. The van der Waals surface area contributed by atoms with Crippen molar-refractivity contribution >= 4 is 32.8 Å². The molecular formula is C15H21ClN4O2S. The van der Waals surface area contributed by atoms with E-state index in [9.17, 15) is 8.42 Å². The Morgan fingerprint density at radius 3 is 2.57 bits per heavy atom. The fourth-order valence-electron chi connectivity index (χ4n) is 2.92. The first-order valence-corrected chi connectivity index (χ1v) is 9.85. The molecule has 1 atom stereocenters. The zero-order valence-electron chi connectivity index (χ0n) is 13.2. The van der Waals surface area contributed by atoms with Crippen LogP contribution in [-0.4, -0.2) is 42.4 Å². The van der Waals surface area contributed by atoms with E-state index < -0.39 is 9.84 Å². The van der Waals surface area contributed by atoms with Gasteiger partial charge < -0.3 is 10.6 Å². The van der Waals surface area contributed by atoms with E-state index in [1.807, 2.05) is 10.5 Å². The van der Waals surface area contributed by atoms with E-state index in [2.05, 4.69) is 23.7 Å². The van der Waals surface area contributed by atoms with Crippen molar-refractivity contribution in [2.24, 2.45) is 11.7 Å². The Hall–Kier alpha value is -1.31. The number of hydrogen-bond donors (Lipinski definition) is 1. The molecule has 0 spiro atoms. The summed E-state index contributed by atoms with van der Waals surface area (Å²) < 4.78 is 25.4.